The number of nitrogens with zero attached hydrogens (tertiary/aromatic N) is 1. The van der Waals surface area contributed by atoms with Gasteiger partial charge in [0.15, 0.2) is 0 Å². The zero-order valence-electron chi connectivity index (χ0n) is 10.7. The molecular formula is C11H16F2N2O4. The summed E-state index contributed by atoms with van der Waals surface area (Å²) in [6.07, 6.45) is -2.59. The topological polar surface area (TPSA) is 84.3 Å². The first-order valence-electron chi connectivity index (χ1n) is 5.76. The molecule has 0 amide bonds. The summed E-state index contributed by atoms with van der Waals surface area (Å²) >= 11 is 0. The monoisotopic (exact) mass is 278 g/mol. The van der Waals surface area contributed by atoms with Crippen molar-refractivity contribution in [1.82, 2.24) is 9.55 Å². The lowest BCUT2D eigenvalue weighted by Crippen LogP contribution is -2.33. The minimum Gasteiger partial charge on any atom is -0.494 e. The molecule has 0 aliphatic carbocycles. The maximum Gasteiger partial charge on any atom is 0.331 e. The second-order valence-corrected chi connectivity index (χ2v) is 4.27. The molecule has 108 valence electrons. The highest BCUT2D eigenvalue weighted by molar-refractivity contribution is 5.25. The van der Waals surface area contributed by atoms with Crippen molar-refractivity contribution in [3.05, 3.63) is 26.4 Å². The highest BCUT2D eigenvalue weighted by atomic mass is 19.3. The highest BCUT2D eigenvalue weighted by Gasteiger charge is 2.16. The van der Waals surface area contributed by atoms with Crippen LogP contribution >= 0.6 is 0 Å². The molecule has 0 bridgehead atoms. The standard InChI is InChI=1S/C11H16F2N2O4/c1-6(2)8-9(16)14-11(18)15(10(8)17)3-4-19-5-7(12)13/h6-7,17H,3-5H2,1-2H3,(H,14,16,18). The van der Waals surface area contributed by atoms with E-state index in [0.29, 0.717) is 0 Å². The molecule has 19 heavy (non-hydrogen) atoms. The maximum absolute atomic E-state index is 11.9. The van der Waals surface area contributed by atoms with Crippen LogP contribution in [0, 0.1) is 0 Å². The number of hydrogen-bond donors (Lipinski definition) is 2. The highest BCUT2D eigenvalue weighted by Crippen LogP contribution is 2.19. The lowest BCUT2D eigenvalue weighted by atomic mass is 10.1. The lowest BCUT2D eigenvalue weighted by molar-refractivity contribution is 0.0140. The summed E-state index contributed by atoms with van der Waals surface area (Å²) in [7, 11) is 0. The minimum absolute atomic E-state index is 0.0773. The third kappa shape index (κ3) is 3.88. The molecule has 0 saturated heterocycles. The van der Waals surface area contributed by atoms with Gasteiger partial charge in [-0.25, -0.2) is 13.6 Å². The van der Waals surface area contributed by atoms with Gasteiger partial charge in [0.05, 0.1) is 18.7 Å². The molecule has 0 unspecified atom stereocenters. The molecule has 2 N–H and O–H groups in total. The first kappa shape index (κ1) is 15.4. The number of ether oxygens (including phenoxy) is 1. The van der Waals surface area contributed by atoms with E-state index in [4.69, 9.17) is 0 Å². The third-order valence-corrected chi connectivity index (χ3v) is 2.49. The predicted octanol–water partition coefficient (Wildman–Crippen LogP) is 0.647. The van der Waals surface area contributed by atoms with Crippen molar-refractivity contribution in [2.24, 2.45) is 0 Å². The molecular weight excluding hydrogens is 262 g/mol. The van der Waals surface area contributed by atoms with Crippen LogP contribution in [0.4, 0.5) is 8.78 Å². The first-order valence-corrected chi connectivity index (χ1v) is 5.76. The Kier molecular flexibility index (Phi) is 5.22. The number of aromatic nitrogens is 2. The number of halogens is 2. The summed E-state index contributed by atoms with van der Waals surface area (Å²) in [5.74, 6) is -0.734. The van der Waals surface area contributed by atoms with Gasteiger partial charge in [0.25, 0.3) is 12.0 Å². The molecule has 8 heteroatoms. The summed E-state index contributed by atoms with van der Waals surface area (Å²) in [5, 5.41) is 9.87. The van der Waals surface area contributed by atoms with Crippen molar-refractivity contribution in [2.45, 2.75) is 32.7 Å². The van der Waals surface area contributed by atoms with Gasteiger partial charge in [-0.3, -0.25) is 14.3 Å². The van der Waals surface area contributed by atoms with E-state index < -0.39 is 30.2 Å². The van der Waals surface area contributed by atoms with Crippen LogP contribution in [-0.2, 0) is 11.3 Å². The molecule has 1 rings (SSSR count). The number of aromatic amines is 1. The van der Waals surface area contributed by atoms with E-state index in [2.05, 4.69) is 9.72 Å². The van der Waals surface area contributed by atoms with E-state index in [1.165, 1.54) is 0 Å². The van der Waals surface area contributed by atoms with Gasteiger partial charge in [0, 0.05) is 0 Å². The van der Waals surface area contributed by atoms with Gasteiger partial charge >= 0.3 is 5.69 Å². The zero-order valence-corrected chi connectivity index (χ0v) is 10.7. The second-order valence-electron chi connectivity index (χ2n) is 4.27. The van der Waals surface area contributed by atoms with Crippen molar-refractivity contribution >= 4 is 0 Å². The summed E-state index contributed by atoms with van der Waals surface area (Å²) in [6, 6.07) is 0. The van der Waals surface area contributed by atoms with Gasteiger partial charge in [0.2, 0.25) is 5.88 Å². The Balaban J connectivity index is 2.92. The van der Waals surface area contributed by atoms with Crippen LogP contribution in [0.15, 0.2) is 9.59 Å². The number of rotatable bonds is 6. The van der Waals surface area contributed by atoms with E-state index in [1.54, 1.807) is 13.8 Å². The Labute approximate surface area is 107 Å². The fourth-order valence-corrected chi connectivity index (χ4v) is 1.63. The molecule has 0 aliphatic heterocycles. The summed E-state index contributed by atoms with van der Waals surface area (Å²) in [6.45, 7) is 2.35. The fourth-order valence-electron chi connectivity index (χ4n) is 1.63. The summed E-state index contributed by atoms with van der Waals surface area (Å²) in [5.41, 5.74) is -1.37. The Bertz CT molecular complexity index is 536. The van der Waals surface area contributed by atoms with Crippen molar-refractivity contribution in [1.29, 1.82) is 0 Å². The first-order chi connectivity index (χ1) is 8.84. The molecule has 0 saturated carbocycles. The molecule has 0 radical (unpaired) electrons. The molecule has 1 heterocycles. The number of aromatic hydroxyl groups is 1. The lowest BCUT2D eigenvalue weighted by Gasteiger charge is -2.13. The number of H-pyrrole nitrogens is 1. The van der Waals surface area contributed by atoms with E-state index in [0.717, 1.165) is 4.57 Å². The van der Waals surface area contributed by atoms with Crippen LogP contribution in [0.3, 0.4) is 0 Å². The average Bonchev–Trinajstić information content (AvgIpc) is 2.26. The second kappa shape index (κ2) is 6.46. The van der Waals surface area contributed by atoms with Gasteiger partial charge in [-0.1, -0.05) is 13.8 Å². The van der Waals surface area contributed by atoms with Crippen LogP contribution < -0.4 is 11.2 Å². The largest absolute Gasteiger partial charge is 0.494 e. The molecule has 0 aliphatic rings. The molecule has 1 aromatic rings. The Morgan fingerprint density at radius 3 is 2.53 bits per heavy atom. The van der Waals surface area contributed by atoms with E-state index in [1.807, 2.05) is 0 Å². The van der Waals surface area contributed by atoms with Crippen LogP contribution in [-0.4, -0.2) is 34.3 Å². The van der Waals surface area contributed by atoms with Gasteiger partial charge in [-0.15, -0.1) is 0 Å². The molecule has 0 aromatic carbocycles. The SMILES string of the molecule is CC(C)c1c(O)n(CCOCC(F)F)c(=O)[nH]c1=O. The smallest absolute Gasteiger partial charge is 0.331 e. The molecule has 1 aromatic heterocycles. The number of alkyl halides is 2. The number of nitrogens with one attached hydrogen (secondary N) is 1. The molecule has 0 spiro atoms. The van der Waals surface area contributed by atoms with Crippen molar-refractivity contribution in [3.63, 3.8) is 0 Å². The van der Waals surface area contributed by atoms with Crippen molar-refractivity contribution in [2.75, 3.05) is 13.2 Å². The normalized spacial score (nSPS) is 11.5. The fraction of sp³-hybridized carbons (Fsp3) is 0.636. The van der Waals surface area contributed by atoms with Crippen LogP contribution in [0.2, 0.25) is 0 Å². The Morgan fingerprint density at radius 1 is 1.37 bits per heavy atom. The van der Waals surface area contributed by atoms with Crippen LogP contribution in [0.5, 0.6) is 5.88 Å². The Morgan fingerprint density at radius 2 is 2.00 bits per heavy atom. The van der Waals surface area contributed by atoms with Gasteiger partial charge in [-0.2, -0.15) is 0 Å². The summed E-state index contributed by atoms with van der Waals surface area (Å²) in [4.78, 5) is 25.1. The minimum atomic E-state index is -2.59. The summed E-state index contributed by atoms with van der Waals surface area (Å²) < 4.78 is 29.2. The van der Waals surface area contributed by atoms with E-state index in [9.17, 15) is 23.5 Å². The van der Waals surface area contributed by atoms with Crippen molar-refractivity contribution in [3.8, 4) is 5.88 Å². The van der Waals surface area contributed by atoms with E-state index >= 15 is 0 Å². The maximum atomic E-state index is 11.9. The third-order valence-electron chi connectivity index (χ3n) is 2.49. The molecule has 0 fully saturated rings. The van der Waals surface area contributed by atoms with E-state index in [-0.39, 0.29) is 24.6 Å². The number of hydrogen-bond acceptors (Lipinski definition) is 4. The molecule has 6 nitrogen and oxygen atoms in total. The predicted molar refractivity (Wildman–Crippen MR) is 63.9 cm³/mol. The van der Waals surface area contributed by atoms with Gasteiger partial charge < -0.3 is 9.84 Å². The Hall–Kier alpha value is -1.70. The van der Waals surface area contributed by atoms with Crippen LogP contribution in [0.25, 0.3) is 0 Å². The van der Waals surface area contributed by atoms with Crippen LogP contribution in [0.1, 0.15) is 25.3 Å². The van der Waals surface area contributed by atoms with Gasteiger partial charge in [-0.05, 0) is 5.92 Å². The average molecular weight is 278 g/mol. The quantitative estimate of drug-likeness (QED) is 0.748. The van der Waals surface area contributed by atoms with Gasteiger partial charge in [0.1, 0.15) is 6.61 Å². The zero-order chi connectivity index (χ0) is 14.6. The molecule has 0 atom stereocenters. The van der Waals surface area contributed by atoms with Crippen molar-refractivity contribution < 1.29 is 18.6 Å².